The number of methoxy groups -OCH3 is 1. The Kier molecular flexibility index (Phi) is 3.55. The van der Waals surface area contributed by atoms with Crippen LogP contribution in [0, 0.1) is 5.82 Å². The lowest BCUT2D eigenvalue weighted by Gasteiger charge is -2.27. The van der Waals surface area contributed by atoms with E-state index in [2.05, 4.69) is 0 Å². The molecule has 1 aliphatic rings. The van der Waals surface area contributed by atoms with E-state index in [4.69, 9.17) is 9.47 Å². The minimum absolute atomic E-state index is 0.143. The lowest BCUT2D eigenvalue weighted by atomic mass is 9.96. The van der Waals surface area contributed by atoms with E-state index < -0.39 is 0 Å². The summed E-state index contributed by atoms with van der Waals surface area (Å²) in [6.07, 6.45) is 3.65. The lowest BCUT2D eigenvalue weighted by molar-refractivity contribution is 0.115. The molecule has 0 aliphatic heterocycles. The molecule has 1 aliphatic carbocycles. The Morgan fingerprint density at radius 3 is 2.41 bits per heavy atom. The van der Waals surface area contributed by atoms with Gasteiger partial charge in [0.2, 0.25) is 0 Å². The van der Waals surface area contributed by atoms with Crippen molar-refractivity contribution in [3.8, 4) is 11.5 Å². The van der Waals surface area contributed by atoms with Gasteiger partial charge in [0.25, 0.3) is 0 Å². The van der Waals surface area contributed by atoms with Gasteiger partial charge in [0.15, 0.2) is 11.5 Å². The van der Waals surface area contributed by atoms with Crippen LogP contribution in [0.1, 0.15) is 44.6 Å². The highest BCUT2D eigenvalue weighted by Crippen LogP contribution is 2.36. The molecular formula is C14H19FO2. The van der Waals surface area contributed by atoms with Gasteiger partial charge in [-0.15, -0.1) is 0 Å². The van der Waals surface area contributed by atoms with Crippen LogP contribution in [0.3, 0.4) is 0 Å². The molecule has 0 radical (unpaired) electrons. The van der Waals surface area contributed by atoms with Crippen molar-refractivity contribution in [2.75, 3.05) is 7.11 Å². The summed E-state index contributed by atoms with van der Waals surface area (Å²) in [4.78, 5) is 0. The van der Waals surface area contributed by atoms with Crippen LogP contribution in [0.5, 0.6) is 11.5 Å². The highest BCUT2D eigenvalue weighted by molar-refractivity contribution is 5.44. The van der Waals surface area contributed by atoms with Crippen molar-refractivity contribution in [2.24, 2.45) is 0 Å². The molecule has 0 saturated heterocycles. The van der Waals surface area contributed by atoms with Crippen molar-refractivity contribution in [1.29, 1.82) is 0 Å². The molecule has 1 aromatic carbocycles. The number of hydrogen-bond donors (Lipinski definition) is 0. The van der Waals surface area contributed by atoms with Crippen molar-refractivity contribution in [2.45, 2.75) is 45.1 Å². The van der Waals surface area contributed by atoms with Gasteiger partial charge in [-0.1, -0.05) is 13.8 Å². The maximum atomic E-state index is 13.8. The van der Waals surface area contributed by atoms with Gasteiger partial charge < -0.3 is 9.47 Å². The van der Waals surface area contributed by atoms with Gasteiger partial charge in [0, 0.05) is 6.07 Å². The van der Waals surface area contributed by atoms with Gasteiger partial charge in [-0.25, -0.2) is 4.39 Å². The SMILES string of the molecule is COc1cc(F)c(C(C)C)cc1OC1CCC1. The standard InChI is InChI=1S/C14H19FO2/c1-9(2)11-7-14(17-10-5-4-6-10)13(16-3)8-12(11)15/h7-10H,4-6H2,1-3H3. The van der Waals surface area contributed by atoms with Crippen LogP contribution < -0.4 is 9.47 Å². The predicted octanol–water partition coefficient (Wildman–Crippen LogP) is 3.89. The Balaban J connectivity index is 2.29. The third-order valence-electron chi connectivity index (χ3n) is 3.25. The Hall–Kier alpha value is -1.25. The van der Waals surface area contributed by atoms with E-state index in [1.54, 1.807) is 6.07 Å². The van der Waals surface area contributed by atoms with Gasteiger partial charge >= 0.3 is 0 Å². The zero-order valence-corrected chi connectivity index (χ0v) is 10.6. The monoisotopic (exact) mass is 238 g/mol. The van der Waals surface area contributed by atoms with E-state index >= 15 is 0 Å². The summed E-state index contributed by atoms with van der Waals surface area (Å²) in [7, 11) is 1.54. The average molecular weight is 238 g/mol. The van der Waals surface area contributed by atoms with Gasteiger partial charge in [0.05, 0.1) is 13.2 Å². The molecule has 0 unspecified atom stereocenters. The molecule has 94 valence electrons. The third-order valence-corrected chi connectivity index (χ3v) is 3.25. The van der Waals surface area contributed by atoms with Crippen molar-refractivity contribution in [3.63, 3.8) is 0 Å². The second kappa shape index (κ2) is 4.94. The highest BCUT2D eigenvalue weighted by atomic mass is 19.1. The molecule has 17 heavy (non-hydrogen) atoms. The van der Waals surface area contributed by atoms with Crippen LogP contribution in [0.4, 0.5) is 4.39 Å². The van der Waals surface area contributed by atoms with Gasteiger partial charge in [0.1, 0.15) is 5.82 Å². The first-order chi connectivity index (χ1) is 8.11. The zero-order valence-electron chi connectivity index (χ0n) is 10.6. The molecule has 3 heteroatoms. The van der Waals surface area contributed by atoms with E-state index in [9.17, 15) is 4.39 Å². The summed E-state index contributed by atoms with van der Waals surface area (Å²) in [6.45, 7) is 3.94. The number of rotatable bonds is 4. The first-order valence-corrected chi connectivity index (χ1v) is 6.16. The van der Waals surface area contributed by atoms with Crippen molar-refractivity contribution in [1.82, 2.24) is 0 Å². The Morgan fingerprint density at radius 1 is 1.24 bits per heavy atom. The molecule has 0 bridgehead atoms. The highest BCUT2D eigenvalue weighted by Gasteiger charge is 2.22. The van der Waals surface area contributed by atoms with Gasteiger partial charge in [-0.05, 0) is 36.8 Å². The van der Waals surface area contributed by atoms with Crippen LogP contribution in [0.25, 0.3) is 0 Å². The first-order valence-electron chi connectivity index (χ1n) is 6.16. The second-order valence-electron chi connectivity index (χ2n) is 4.85. The summed E-state index contributed by atoms with van der Waals surface area (Å²) in [6, 6.07) is 3.19. The summed E-state index contributed by atoms with van der Waals surface area (Å²) >= 11 is 0. The van der Waals surface area contributed by atoms with E-state index in [1.165, 1.54) is 19.6 Å². The first kappa shape index (κ1) is 12.2. The van der Waals surface area contributed by atoms with Crippen LogP contribution in [-0.2, 0) is 0 Å². The van der Waals surface area contributed by atoms with Crippen molar-refractivity contribution < 1.29 is 13.9 Å². The summed E-state index contributed by atoms with van der Waals surface area (Å²) in [5, 5.41) is 0. The molecule has 0 N–H and O–H groups in total. The zero-order chi connectivity index (χ0) is 12.4. The third kappa shape index (κ3) is 2.54. The molecule has 0 heterocycles. The molecule has 2 rings (SSSR count). The number of benzene rings is 1. The number of hydrogen-bond acceptors (Lipinski definition) is 2. The van der Waals surface area contributed by atoms with Crippen molar-refractivity contribution in [3.05, 3.63) is 23.5 Å². The van der Waals surface area contributed by atoms with Crippen LogP contribution >= 0.6 is 0 Å². The maximum Gasteiger partial charge on any atom is 0.163 e. The quantitative estimate of drug-likeness (QED) is 0.792. The normalized spacial score (nSPS) is 15.8. The summed E-state index contributed by atoms with van der Waals surface area (Å²) in [5.74, 6) is 1.07. The minimum Gasteiger partial charge on any atom is -0.493 e. The Bertz CT molecular complexity index is 397. The van der Waals surface area contributed by atoms with E-state index in [-0.39, 0.29) is 17.8 Å². The van der Waals surface area contributed by atoms with Gasteiger partial charge in [-0.3, -0.25) is 0 Å². The fraction of sp³-hybridized carbons (Fsp3) is 0.571. The van der Waals surface area contributed by atoms with Crippen molar-refractivity contribution >= 4 is 0 Å². The van der Waals surface area contributed by atoms with E-state index in [0.29, 0.717) is 17.1 Å². The largest absolute Gasteiger partial charge is 0.493 e. The van der Waals surface area contributed by atoms with Crippen LogP contribution in [0.2, 0.25) is 0 Å². The minimum atomic E-state index is -0.224. The summed E-state index contributed by atoms with van der Waals surface area (Å²) < 4.78 is 24.8. The fourth-order valence-corrected chi connectivity index (χ4v) is 1.91. The van der Waals surface area contributed by atoms with Crippen LogP contribution in [0.15, 0.2) is 12.1 Å². The lowest BCUT2D eigenvalue weighted by Crippen LogP contribution is -2.24. The Labute approximate surface area is 102 Å². The molecule has 2 nitrogen and oxygen atoms in total. The molecule has 1 fully saturated rings. The predicted molar refractivity (Wildman–Crippen MR) is 65.3 cm³/mol. The smallest absolute Gasteiger partial charge is 0.163 e. The Morgan fingerprint density at radius 2 is 1.94 bits per heavy atom. The average Bonchev–Trinajstić information content (AvgIpc) is 2.23. The number of halogens is 1. The van der Waals surface area contributed by atoms with Gasteiger partial charge in [-0.2, -0.15) is 0 Å². The molecule has 0 amide bonds. The topological polar surface area (TPSA) is 18.5 Å². The second-order valence-corrected chi connectivity index (χ2v) is 4.85. The van der Waals surface area contributed by atoms with Crippen LogP contribution in [-0.4, -0.2) is 13.2 Å². The molecule has 0 aromatic heterocycles. The van der Waals surface area contributed by atoms with E-state index in [1.807, 2.05) is 13.8 Å². The molecule has 0 spiro atoms. The maximum absolute atomic E-state index is 13.8. The number of ether oxygens (including phenoxy) is 2. The summed E-state index contributed by atoms with van der Waals surface area (Å²) in [5.41, 5.74) is 0.681. The van der Waals surface area contributed by atoms with E-state index in [0.717, 1.165) is 12.8 Å². The molecule has 1 aromatic rings. The molecular weight excluding hydrogens is 219 g/mol. The fourth-order valence-electron chi connectivity index (χ4n) is 1.91. The molecule has 1 saturated carbocycles. The molecule has 0 atom stereocenters.